The summed E-state index contributed by atoms with van der Waals surface area (Å²) in [6.45, 7) is 2.18. The van der Waals surface area contributed by atoms with Crippen LogP contribution in [-0.2, 0) is 20.2 Å². The molecule has 0 amide bonds. The number of benzene rings is 2. The number of nitrogens with one attached hydrogen (secondary N) is 1. The zero-order chi connectivity index (χ0) is 18.2. The molecule has 2 aromatic carbocycles. The number of thioether (sulfide) groups is 1. The first-order valence-corrected chi connectivity index (χ1v) is 9.59. The van der Waals surface area contributed by atoms with Crippen LogP contribution in [0.3, 0.4) is 0 Å². The Balaban J connectivity index is 1.40. The maximum absolute atomic E-state index is 5.90. The molecular weight excluding hydrogens is 370 g/mol. The van der Waals surface area contributed by atoms with Crippen LogP contribution in [0.5, 0.6) is 5.75 Å². The first-order valence-electron chi connectivity index (χ1n) is 8.23. The normalized spacial score (nSPS) is 10.8. The summed E-state index contributed by atoms with van der Waals surface area (Å²) < 4.78 is 7.54. The van der Waals surface area contributed by atoms with Crippen molar-refractivity contribution in [3.63, 3.8) is 0 Å². The fourth-order valence-electron chi connectivity index (χ4n) is 2.28. The average Bonchev–Trinajstić information content (AvgIpc) is 3.06. The monoisotopic (exact) mass is 389 g/mol. The third kappa shape index (κ3) is 5.72. The molecule has 3 aromatic rings. The summed E-state index contributed by atoms with van der Waals surface area (Å²) in [5.74, 6) is 1.76. The summed E-state index contributed by atoms with van der Waals surface area (Å²) in [7, 11) is 1.84. The van der Waals surface area contributed by atoms with Crippen LogP contribution in [0.25, 0.3) is 0 Å². The Morgan fingerprint density at radius 1 is 1.15 bits per heavy atom. The van der Waals surface area contributed by atoms with E-state index in [1.54, 1.807) is 16.4 Å². The minimum Gasteiger partial charge on any atom is -0.489 e. The van der Waals surface area contributed by atoms with E-state index in [-0.39, 0.29) is 0 Å². The zero-order valence-electron chi connectivity index (χ0n) is 14.4. The molecule has 0 atom stereocenters. The second-order valence-electron chi connectivity index (χ2n) is 5.67. The maximum atomic E-state index is 5.90. The highest BCUT2D eigenvalue weighted by atomic mass is 35.5. The van der Waals surface area contributed by atoms with E-state index in [0.717, 1.165) is 40.3 Å². The maximum Gasteiger partial charge on any atom is 0.209 e. The van der Waals surface area contributed by atoms with E-state index in [9.17, 15) is 0 Å². The van der Waals surface area contributed by atoms with Gasteiger partial charge < -0.3 is 10.1 Å². The molecule has 0 aliphatic heterocycles. The van der Waals surface area contributed by atoms with Crippen molar-refractivity contribution in [2.75, 3.05) is 12.3 Å². The minimum atomic E-state index is 0.524. The molecule has 0 aliphatic carbocycles. The van der Waals surface area contributed by atoms with Crippen LogP contribution in [0.15, 0.2) is 53.7 Å². The molecule has 0 aliphatic rings. The zero-order valence-corrected chi connectivity index (χ0v) is 16.0. The summed E-state index contributed by atoms with van der Waals surface area (Å²) in [5.41, 5.74) is 2.28. The van der Waals surface area contributed by atoms with Crippen molar-refractivity contribution in [3.05, 3.63) is 64.7 Å². The van der Waals surface area contributed by atoms with Crippen molar-refractivity contribution < 1.29 is 4.74 Å². The van der Waals surface area contributed by atoms with Gasteiger partial charge in [-0.05, 0) is 45.8 Å². The van der Waals surface area contributed by atoms with Crippen LogP contribution < -0.4 is 10.1 Å². The SMILES string of the molecule is Cn1nnnc1SCCNCc1cccc(OCc2ccc(Cl)cc2)c1. The van der Waals surface area contributed by atoms with Gasteiger partial charge in [-0.15, -0.1) is 5.10 Å². The Morgan fingerprint density at radius 3 is 2.77 bits per heavy atom. The lowest BCUT2D eigenvalue weighted by atomic mass is 10.2. The molecule has 3 rings (SSSR count). The van der Waals surface area contributed by atoms with Crippen molar-refractivity contribution in [1.82, 2.24) is 25.5 Å². The number of halogens is 1. The second-order valence-corrected chi connectivity index (χ2v) is 7.17. The van der Waals surface area contributed by atoms with E-state index in [4.69, 9.17) is 16.3 Å². The van der Waals surface area contributed by atoms with E-state index in [1.165, 1.54) is 5.56 Å². The van der Waals surface area contributed by atoms with Gasteiger partial charge in [0, 0.05) is 30.9 Å². The standard InChI is InChI=1S/C18H20ClN5OS/c1-24-18(21-22-23-24)26-10-9-20-12-15-3-2-4-17(11-15)25-13-14-5-7-16(19)8-6-14/h2-8,11,20H,9-10,12-13H2,1H3. The topological polar surface area (TPSA) is 64.9 Å². The molecule has 1 N–H and O–H groups in total. The number of rotatable bonds is 9. The molecule has 8 heteroatoms. The van der Waals surface area contributed by atoms with Crippen molar-refractivity contribution in [3.8, 4) is 5.75 Å². The Morgan fingerprint density at radius 2 is 2.00 bits per heavy atom. The minimum absolute atomic E-state index is 0.524. The van der Waals surface area contributed by atoms with E-state index in [1.807, 2.05) is 43.4 Å². The fraction of sp³-hybridized carbons (Fsp3) is 0.278. The summed E-state index contributed by atoms with van der Waals surface area (Å²) in [5, 5.41) is 16.4. The molecule has 0 radical (unpaired) electrons. The molecule has 1 heterocycles. The first-order chi connectivity index (χ1) is 12.7. The summed E-state index contributed by atoms with van der Waals surface area (Å²) in [4.78, 5) is 0. The number of ether oxygens (including phenoxy) is 1. The smallest absolute Gasteiger partial charge is 0.209 e. The third-order valence-corrected chi connectivity index (χ3v) is 4.90. The number of hydrogen-bond acceptors (Lipinski definition) is 6. The third-order valence-electron chi connectivity index (χ3n) is 3.64. The van der Waals surface area contributed by atoms with Gasteiger partial charge in [0.2, 0.25) is 5.16 Å². The van der Waals surface area contributed by atoms with Gasteiger partial charge in [0.1, 0.15) is 12.4 Å². The second kappa shape index (κ2) is 9.56. The van der Waals surface area contributed by atoms with Gasteiger partial charge in [-0.3, -0.25) is 0 Å². The van der Waals surface area contributed by atoms with Gasteiger partial charge in [-0.25, -0.2) is 4.68 Å². The molecule has 0 saturated heterocycles. The number of nitrogens with zero attached hydrogens (tertiary/aromatic N) is 4. The highest BCUT2D eigenvalue weighted by Gasteiger charge is 2.02. The van der Waals surface area contributed by atoms with Crippen LogP contribution in [0, 0.1) is 0 Å². The highest BCUT2D eigenvalue weighted by molar-refractivity contribution is 7.99. The largest absolute Gasteiger partial charge is 0.489 e. The van der Waals surface area contributed by atoms with Crippen LogP contribution in [0.2, 0.25) is 5.02 Å². The first kappa shape index (κ1) is 18.7. The Bertz CT molecular complexity index is 824. The van der Waals surface area contributed by atoms with Gasteiger partial charge in [0.05, 0.1) is 0 Å². The summed E-state index contributed by atoms with van der Waals surface area (Å²) >= 11 is 7.53. The Labute approximate surface area is 161 Å². The number of aryl methyl sites for hydroxylation is 1. The number of aromatic nitrogens is 4. The average molecular weight is 390 g/mol. The van der Waals surface area contributed by atoms with Crippen molar-refractivity contribution in [2.45, 2.75) is 18.3 Å². The van der Waals surface area contributed by atoms with Crippen molar-refractivity contribution in [1.29, 1.82) is 0 Å². The summed E-state index contributed by atoms with van der Waals surface area (Å²) in [6, 6.07) is 15.8. The van der Waals surface area contributed by atoms with E-state index < -0.39 is 0 Å². The lowest BCUT2D eigenvalue weighted by Crippen LogP contribution is -2.16. The predicted molar refractivity (Wildman–Crippen MR) is 103 cm³/mol. The molecule has 6 nitrogen and oxygen atoms in total. The quantitative estimate of drug-likeness (QED) is 0.447. The van der Waals surface area contributed by atoms with E-state index in [0.29, 0.717) is 6.61 Å². The van der Waals surface area contributed by atoms with Crippen LogP contribution in [0.4, 0.5) is 0 Å². The summed E-state index contributed by atoms with van der Waals surface area (Å²) in [6.07, 6.45) is 0. The van der Waals surface area contributed by atoms with E-state index in [2.05, 4.69) is 33.0 Å². The van der Waals surface area contributed by atoms with Gasteiger partial charge in [-0.1, -0.05) is 47.6 Å². The molecule has 1 aromatic heterocycles. The molecule has 26 heavy (non-hydrogen) atoms. The van der Waals surface area contributed by atoms with Gasteiger partial charge in [-0.2, -0.15) is 0 Å². The molecule has 0 saturated carbocycles. The molecule has 0 bridgehead atoms. The lowest BCUT2D eigenvalue weighted by molar-refractivity contribution is 0.306. The van der Waals surface area contributed by atoms with Crippen LogP contribution in [0.1, 0.15) is 11.1 Å². The molecular formula is C18H20ClN5OS. The fourth-order valence-corrected chi connectivity index (χ4v) is 3.16. The highest BCUT2D eigenvalue weighted by Crippen LogP contribution is 2.17. The van der Waals surface area contributed by atoms with Crippen molar-refractivity contribution >= 4 is 23.4 Å². The van der Waals surface area contributed by atoms with Crippen LogP contribution >= 0.6 is 23.4 Å². The predicted octanol–water partition coefficient (Wildman–Crippen LogP) is 3.32. The molecule has 0 fully saturated rings. The molecule has 136 valence electrons. The van der Waals surface area contributed by atoms with Crippen LogP contribution in [-0.4, -0.2) is 32.5 Å². The molecule has 0 unspecified atom stereocenters. The molecule has 0 spiro atoms. The van der Waals surface area contributed by atoms with E-state index >= 15 is 0 Å². The van der Waals surface area contributed by atoms with Gasteiger partial charge >= 0.3 is 0 Å². The van der Waals surface area contributed by atoms with Crippen molar-refractivity contribution in [2.24, 2.45) is 7.05 Å². The Hall–Kier alpha value is -2.09. The van der Waals surface area contributed by atoms with Gasteiger partial charge in [0.15, 0.2) is 0 Å². The van der Waals surface area contributed by atoms with Gasteiger partial charge in [0.25, 0.3) is 0 Å². The Kier molecular flexibility index (Phi) is 6.88. The lowest BCUT2D eigenvalue weighted by Gasteiger charge is -2.09. The number of tetrazole rings is 1. The number of hydrogen-bond donors (Lipinski definition) is 1.